The van der Waals surface area contributed by atoms with E-state index in [1.165, 1.54) is 23.9 Å². The summed E-state index contributed by atoms with van der Waals surface area (Å²) < 4.78 is 13.6. The van der Waals surface area contributed by atoms with Gasteiger partial charge in [0.25, 0.3) is 5.91 Å². The van der Waals surface area contributed by atoms with Crippen LogP contribution in [0, 0.1) is 12.7 Å². The van der Waals surface area contributed by atoms with Crippen LogP contribution in [0.3, 0.4) is 0 Å². The number of aliphatic imine (C=N–C) groups is 1. The summed E-state index contributed by atoms with van der Waals surface area (Å²) in [6.45, 7) is 2.02. The molecule has 5 rings (SSSR count). The summed E-state index contributed by atoms with van der Waals surface area (Å²) in [4.78, 5) is 29.6. The number of hydrazone groups is 1. The summed E-state index contributed by atoms with van der Waals surface area (Å²) in [5.41, 5.74) is 4.31. The van der Waals surface area contributed by atoms with Crippen LogP contribution in [0.1, 0.15) is 35.6 Å². The number of benzene rings is 3. The van der Waals surface area contributed by atoms with Gasteiger partial charge < -0.3 is 5.32 Å². The molecule has 0 saturated carbocycles. The summed E-state index contributed by atoms with van der Waals surface area (Å²) in [6, 6.07) is 21.0. The van der Waals surface area contributed by atoms with Gasteiger partial charge in [0.1, 0.15) is 11.1 Å². The number of anilines is 1. The molecule has 6 nitrogen and oxygen atoms in total. The number of amides is 2. The third-order valence-electron chi connectivity index (χ3n) is 5.99. The van der Waals surface area contributed by atoms with Gasteiger partial charge in [-0.1, -0.05) is 77.5 Å². The molecule has 2 atom stereocenters. The highest BCUT2D eigenvalue weighted by Gasteiger charge is 2.39. The van der Waals surface area contributed by atoms with Gasteiger partial charge in [0.05, 0.1) is 22.5 Å². The normalized spacial score (nSPS) is 19.3. The summed E-state index contributed by atoms with van der Waals surface area (Å²) >= 11 is 7.34. The lowest BCUT2D eigenvalue weighted by molar-refractivity contribution is -0.121. The average Bonchev–Trinajstić information content (AvgIpc) is 3.45. The molecule has 1 N–H and O–H groups in total. The molecule has 9 heteroatoms. The topological polar surface area (TPSA) is 74.1 Å². The van der Waals surface area contributed by atoms with Crippen molar-refractivity contribution in [2.75, 3.05) is 5.32 Å². The van der Waals surface area contributed by atoms with Crippen LogP contribution in [0.5, 0.6) is 0 Å². The van der Waals surface area contributed by atoms with E-state index in [1.807, 2.05) is 31.2 Å². The van der Waals surface area contributed by atoms with E-state index in [0.717, 1.165) is 22.4 Å². The van der Waals surface area contributed by atoms with Crippen molar-refractivity contribution in [2.45, 2.75) is 31.1 Å². The molecule has 182 valence electrons. The van der Waals surface area contributed by atoms with E-state index in [-0.39, 0.29) is 30.1 Å². The molecule has 0 aliphatic carbocycles. The first-order valence-electron chi connectivity index (χ1n) is 11.4. The zero-order valence-electron chi connectivity index (χ0n) is 19.3. The molecule has 2 amide bonds. The van der Waals surface area contributed by atoms with Gasteiger partial charge in [0.2, 0.25) is 5.91 Å². The predicted molar refractivity (Wildman–Crippen MR) is 142 cm³/mol. The number of carbonyl (C=O) groups is 2. The Labute approximate surface area is 217 Å². The minimum Gasteiger partial charge on any atom is -0.325 e. The molecule has 0 aromatic heterocycles. The maximum absolute atomic E-state index is 13.6. The van der Waals surface area contributed by atoms with Gasteiger partial charge in [-0.25, -0.2) is 9.40 Å². The Morgan fingerprint density at radius 1 is 1.11 bits per heavy atom. The van der Waals surface area contributed by atoms with Gasteiger partial charge in [-0.3, -0.25) is 9.59 Å². The highest BCUT2D eigenvalue weighted by atomic mass is 35.5. The Balaban J connectivity index is 1.36. The van der Waals surface area contributed by atoms with Crippen molar-refractivity contribution in [2.24, 2.45) is 10.1 Å². The number of para-hydroxylation sites is 1. The van der Waals surface area contributed by atoms with E-state index >= 15 is 0 Å². The number of nitrogens with zero attached hydrogens (tertiary/aromatic N) is 3. The van der Waals surface area contributed by atoms with E-state index in [0.29, 0.717) is 22.3 Å². The van der Waals surface area contributed by atoms with Crippen molar-refractivity contribution < 1.29 is 14.0 Å². The molecule has 2 aliphatic rings. The lowest BCUT2D eigenvalue weighted by Gasteiger charge is -2.23. The molecule has 2 heterocycles. The molecule has 2 unspecified atom stereocenters. The highest BCUT2D eigenvalue weighted by Crippen LogP contribution is 2.38. The fourth-order valence-corrected chi connectivity index (χ4v) is 5.33. The maximum Gasteiger partial charge on any atom is 0.262 e. The van der Waals surface area contributed by atoms with E-state index in [4.69, 9.17) is 16.7 Å². The summed E-state index contributed by atoms with van der Waals surface area (Å²) in [5, 5.41) is 9.46. The SMILES string of the molecule is Cc1ccc(C2=NN(C3=NC(=O)C(CC(=O)Nc4ccccc4Cl)S3)C(c3ccc(F)cc3)C2)cc1. The van der Waals surface area contributed by atoms with Gasteiger partial charge in [0.15, 0.2) is 5.17 Å². The molecule has 0 spiro atoms. The number of thioether (sulfide) groups is 1. The van der Waals surface area contributed by atoms with E-state index in [1.54, 1.807) is 41.4 Å². The van der Waals surface area contributed by atoms with Crippen molar-refractivity contribution in [3.05, 3.63) is 100 Å². The predicted octanol–water partition coefficient (Wildman–Crippen LogP) is 5.97. The molecule has 0 fully saturated rings. The summed E-state index contributed by atoms with van der Waals surface area (Å²) in [5.74, 6) is -1.04. The molecular formula is C27H22ClFN4O2S. The standard InChI is InChI=1S/C27H22ClFN4O2S/c1-16-6-8-17(9-7-16)22-14-23(18-10-12-19(29)13-11-18)33(32-22)27-31-26(35)24(36-27)15-25(34)30-21-5-3-2-4-20(21)28/h2-13,23-24H,14-15H2,1H3,(H,30,34). The van der Waals surface area contributed by atoms with Crippen LogP contribution in [0.15, 0.2) is 82.9 Å². The van der Waals surface area contributed by atoms with Crippen LogP contribution < -0.4 is 5.32 Å². The fourth-order valence-electron chi connectivity index (χ4n) is 4.09. The van der Waals surface area contributed by atoms with E-state index in [2.05, 4.69) is 10.3 Å². The number of hydrogen-bond donors (Lipinski definition) is 1. The average molecular weight is 521 g/mol. The number of nitrogens with one attached hydrogen (secondary N) is 1. The molecule has 3 aromatic carbocycles. The second kappa shape index (κ2) is 10.2. The van der Waals surface area contributed by atoms with Crippen molar-refractivity contribution in [3.63, 3.8) is 0 Å². The van der Waals surface area contributed by atoms with Gasteiger partial charge >= 0.3 is 0 Å². The number of carbonyl (C=O) groups excluding carboxylic acids is 2. The number of halogens is 2. The van der Waals surface area contributed by atoms with Crippen molar-refractivity contribution in [1.29, 1.82) is 0 Å². The third-order valence-corrected chi connectivity index (χ3v) is 7.47. The van der Waals surface area contributed by atoms with Crippen molar-refractivity contribution >= 4 is 51.7 Å². The monoisotopic (exact) mass is 520 g/mol. The quantitative estimate of drug-likeness (QED) is 0.450. The van der Waals surface area contributed by atoms with Gasteiger partial charge in [-0.2, -0.15) is 10.1 Å². The summed E-state index contributed by atoms with van der Waals surface area (Å²) in [7, 11) is 0. The van der Waals surface area contributed by atoms with Gasteiger partial charge in [-0.15, -0.1) is 0 Å². The number of amidine groups is 1. The molecule has 36 heavy (non-hydrogen) atoms. The third kappa shape index (κ3) is 5.20. The Hall–Kier alpha value is -3.49. The first kappa shape index (κ1) is 24.2. The molecular weight excluding hydrogens is 499 g/mol. The lowest BCUT2D eigenvalue weighted by Crippen LogP contribution is -2.25. The van der Waals surface area contributed by atoms with Crippen LogP contribution in [0.25, 0.3) is 0 Å². The zero-order chi connectivity index (χ0) is 25.2. The molecule has 3 aromatic rings. The largest absolute Gasteiger partial charge is 0.325 e. The first-order chi connectivity index (χ1) is 17.4. The zero-order valence-corrected chi connectivity index (χ0v) is 20.9. The second-order valence-corrected chi connectivity index (χ2v) is 10.2. The Kier molecular flexibility index (Phi) is 6.89. The minimum absolute atomic E-state index is 0.0503. The van der Waals surface area contributed by atoms with E-state index in [9.17, 15) is 14.0 Å². The minimum atomic E-state index is -0.671. The van der Waals surface area contributed by atoms with Crippen LogP contribution in [-0.2, 0) is 9.59 Å². The van der Waals surface area contributed by atoms with Gasteiger partial charge in [-0.05, 0) is 42.3 Å². The van der Waals surface area contributed by atoms with Crippen LogP contribution in [-0.4, -0.2) is 33.0 Å². The Bertz CT molecular complexity index is 1380. The smallest absolute Gasteiger partial charge is 0.262 e. The lowest BCUT2D eigenvalue weighted by atomic mass is 9.98. The first-order valence-corrected chi connectivity index (χ1v) is 12.7. The molecule has 0 bridgehead atoms. The fraction of sp³-hybridized carbons (Fsp3) is 0.185. The van der Waals surface area contributed by atoms with Crippen LogP contribution in [0.2, 0.25) is 5.02 Å². The van der Waals surface area contributed by atoms with Crippen LogP contribution in [0.4, 0.5) is 10.1 Å². The van der Waals surface area contributed by atoms with E-state index < -0.39 is 5.25 Å². The number of aryl methyl sites for hydroxylation is 1. The summed E-state index contributed by atoms with van der Waals surface area (Å²) in [6.07, 6.45) is 0.519. The second-order valence-electron chi connectivity index (χ2n) is 8.60. The van der Waals surface area contributed by atoms with Crippen molar-refractivity contribution in [3.8, 4) is 0 Å². The maximum atomic E-state index is 13.6. The molecule has 2 aliphatic heterocycles. The van der Waals surface area contributed by atoms with Crippen LogP contribution >= 0.6 is 23.4 Å². The highest BCUT2D eigenvalue weighted by molar-refractivity contribution is 8.15. The molecule has 0 radical (unpaired) electrons. The molecule has 0 saturated heterocycles. The Morgan fingerprint density at radius 2 is 1.83 bits per heavy atom. The van der Waals surface area contributed by atoms with Crippen molar-refractivity contribution in [1.82, 2.24) is 5.01 Å². The number of hydrogen-bond acceptors (Lipinski definition) is 5. The van der Waals surface area contributed by atoms with Gasteiger partial charge in [0, 0.05) is 12.8 Å². The Morgan fingerprint density at radius 3 is 2.56 bits per heavy atom. The number of rotatable bonds is 5.